The molecule has 8 heteroatoms. The molecule has 20 heavy (non-hydrogen) atoms. The van der Waals surface area contributed by atoms with E-state index in [9.17, 15) is 9.59 Å². The number of aromatic amines is 1. The van der Waals surface area contributed by atoms with E-state index in [1.165, 1.54) is 6.07 Å². The molecule has 0 aliphatic heterocycles. The van der Waals surface area contributed by atoms with Gasteiger partial charge in [-0.15, -0.1) is 0 Å². The Labute approximate surface area is 124 Å². The van der Waals surface area contributed by atoms with Gasteiger partial charge < -0.3 is 9.72 Å². The molecule has 0 radical (unpaired) electrons. The minimum Gasteiger partial charge on any atom is -0.461 e. The molecule has 0 saturated carbocycles. The average molecular weight is 287 g/mol. The van der Waals surface area contributed by atoms with Crippen LogP contribution in [-0.2, 0) is 4.74 Å². The molecule has 1 heterocycles. The Morgan fingerprint density at radius 1 is 1.30 bits per heavy atom. The van der Waals surface area contributed by atoms with E-state index in [-0.39, 0.29) is 17.7 Å². The summed E-state index contributed by atoms with van der Waals surface area (Å²) in [4.78, 5) is 27.0. The molecule has 0 aliphatic carbocycles. The van der Waals surface area contributed by atoms with Gasteiger partial charge in [0, 0.05) is 22.0 Å². The van der Waals surface area contributed by atoms with Crippen LogP contribution in [0.5, 0.6) is 0 Å². The lowest BCUT2D eigenvalue weighted by Crippen LogP contribution is -2.36. The van der Waals surface area contributed by atoms with E-state index in [1.54, 1.807) is 6.92 Å². The van der Waals surface area contributed by atoms with Crippen LogP contribution in [-0.4, -0.2) is 41.1 Å². The number of nitrogens with one attached hydrogen (secondary N) is 1. The van der Waals surface area contributed by atoms with Crippen molar-refractivity contribution in [1.29, 1.82) is 0 Å². The van der Waals surface area contributed by atoms with Gasteiger partial charge in [0.1, 0.15) is 29.2 Å². The van der Waals surface area contributed by atoms with Crippen molar-refractivity contribution in [2.45, 2.75) is 6.92 Å². The average Bonchev–Trinajstić information content (AvgIpc) is 2.42. The smallest absolute Gasteiger partial charge is 0.354 e. The number of fused-ring (bicyclic) bond motifs is 1. The number of aromatic nitrogens is 1. The van der Waals surface area contributed by atoms with Crippen molar-refractivity contribution in [3.63, 3.8) is 0 Å². The highest BCUT2D eigenvalue weighted by Gasteiger charge is 2.16. The number of carbonyl (C=O) groups is 1. The van der Waals surface area contributed by atoms with Gasteiger partial charge in [-0.05, 0) is 12.4 Å². The lowest BCUT2D eigenvalue weighted by atomic mass is 9.74. The molecule has 1 N–H and O–H groups in total. The molecule has 0 atom stereocenters. The number of ether oxygens (including phenoxy) is 1. The van der Waals surface area contributed by atoms with Crippen LogP contribution in [0.1, 0.15) is 17.4 Å². The minimum atomic E-state index is -0.541. The van der Waals surface area contributed by atoms with Crippen LogP contribution >= 0.6 is 11.6 Å². The molecule has 0 amide bonds. The summed E-state index contributed by atoms with van der Waals surface area (Å²) in [6.07, 6.45) is 0. The topological polar surface area (TPSA) is 59.2 Å². The number of benzene rings is 1. The highest BCUT2D eigenvalue weighted by atomic mass is 35.5. The van der Waals surface area contributed by atoms with E-state index >= 15 is 0 Å². The first-order valence-corrected chi connectivity index (χ1v) is 6.75. The lowest BCUT2D eigenvalue weighted by Gasteiger charge is -2.13. The third-order valence-corrected chi connectivity index (χ3v) is 4.06. The van der Waals surface area contributed by atoms with Crippen molar-refractivity contribution in [2.24, 2.45) is 0 Å². The standard InChI is InChI=1S/C12H13B3ClNO3/c1-2-20-12(19)4-3-5(18)6-7(13)8(14)10(16)9(15)11(6)17-4/h3H,2,13-15H2,1H3,(H,17,18). The molecule has 0 unspecified atom stereocenters. The maximum Gasteiger partial charge on any atom is 0.354 e. The molecular weight excluding hydrogens is 274 g/mol. The fourth-order valence-electron chi connectivity index (χ4n) is 2.28. The highest BCUT2D eigenvalue weighted by Crippen LogP contribution is 2.09. The van der Waals surface area contributed by atoms with Crippen LogP contribution in [0.3, 0.4) is 0 Å². The van der Waals surface area contributed by atoms with E-state index in [4.69, 9.17) is 16.3 Å². The van der Waals surface area contributed by atoms with Crippen LogP contribution in [0.4, 0.5) is 0 Å². The van der Waals surface area contributed by atoms with Gasteiger partial charge in [0.05, 0.1) is 6.61 Å². The number of carbonyl (C=O) groups excluding carboxylic acids is 1. The SMILES string of the molecule is Bc1c(Cl)c(B)c2[nH]c(C(=O)OCC)cc(=O)c2c1B. The number of hydrogen-bond acceptors (Lipinski definition) is 3. The van der Waals surface area contributed by atoms with Gasteiger partial charge in [0.2, 0.25) is 0 Å². The van der Waals surface area contributed by atoms with Crippen LogP contribution in [0.2, 0.25) is 5.02 Å². The predicted octanol–water partition coefficient (Wildman–Crippen LogP) is -2.87. The van der Waals surface area contributed by atoms with Crippen molar-refractivity contribution in [3.05, 3.63) is 27.0 Å². The van der Waals surface area contributed by atoms with Gasteiger partial charge in [-0.3, -0.25) is 4.79 Å². The summed E-state index contributed by atoms with van der Waals surface area (Å²) in [6.45, 7) is 1.97. The molecule has 2 rings (SSSR count). The molecule has 4 nitrogen and oxygen atoms in total. The first-order chi connectivity index (χ1) is 9.38. The highest BCUT2D eigenvalue weighted by molar-refractivity contribution is 6.62. The molecule has 2 aromatic rings. The second-order valence-corrected chi connectivity index (χ2v) is 5.08. The molecule has 100 valence electrons. The van der Waals surface area contributed by atoms with Crippen LogP contribution in [0.25, 0.3) is 10.9 Å². The van der Waals surface area contributed by atoms with Crippen molar-refractivity contribution in [3.8, 4) is 0 Å². The van der Waals surface area contributed by atoms with Crippen LogP contribution in [0.15, 0.2) is 10.9 Å². The minimum absolute atomic E-state index is 0.145. The summed E-state index contributed by atoms with van der Waals surface area (Å²) >= 11 is 6.27. The number of halogens is 1. The number of pyridine rings is 1. The Kier molecular flexibility index (Phi) is 4.00. The Morgan fingerprint density at radius 3 is 2.55 bits per heavy atom. The number of H-pyrrole nitrogens is 1. The van der Waals surface area contributed by atoms with Crippen molar-refractivity contribution in [1.82, 2.24) is 4.98 Å². The second kappa shape index (κ2) is 5.41. The van der Waals surface area contributed by atoms with Gasteiger partial charge in [0.15, 0.2) is 5.43 Å². The fraction of sp³-hybridized carbons (Fsp3) is 0.167. The summed E-state index contributed by atoms with van der Waals surface area (Å²) in [6, 6.07) is 1.28. The Bertz CT molecular complexity index is 773. The Morgan fingerprint density at radius 2 is 1.95 bits per heavy atom. The largest absolute Gasteiger partial charge is 0.461 e. The van der Waals surface area contributed by atoms with Crippen LogP contribution in [0, 0.1) is 0 Å². The third-order valence-electron chi connectivity index (χ3n) is 3.50. The zero-order chi connectivity index (χ0) is 15.0. The monoisotopic (exact) mass is 287 g/mol. The molecule has 0 spiro atoms. The second-order valence-electron chi connectivity index (χ2n) is 4.71. The first kappa shape index (κ1) is 14.8. The fourth-order valence-corrected chi connectivity index (χ4v) is 2.51. The summed E-state index contributed by atoms with van der Waals surface area (Å²) in [5.41, 5.74) is 2.99. The number of rotatable bonds is 2. The molecule has 0 aliphatic rings. The van der Waals surface area contributed by atoms with Gasteiger partial charge in [-0.25, -0.2) is 4.79 Å². The summed E-state index contributed by atoms with van der Waals surface area (Å²) in [7, 11) is 5.55. The molecule has 1 aromatic carbocycles. The van der Waals surface area contributed by atoms with Gasteiger partial charge in [-0.1, -0.05) is 22.5 Å². The third kappa shape index (κ3) is 2.26. The normalized spacial score (nSPS) is 10.7. The zero-order valence-electron chi connectivity index (χ0n) is 11.9. The van der Waals surface area contributed by atoms with Crippen molar-refractivity contribution in [2.75, 3.05) is 6.61 Å². The summed E-state index contributed by atoms with van der Waals surface area (Å²) < 4.78 is 4.91. The Balaban J connectivity index is 2.85. The van der Waals surface area contributed by atoms with E-state index in [1.807, 2.05) is 23.5 Å². The molecular formula is C12H13B3ClNO3. The van der Waals surface area contributed by atoms with Crippen LogP contribution < -0.4 is 21.8 Å². The Hall–Kier alpha value is -1.62. The zero-order valence-corrected chi connectivity index (χ0v) is 12.6. The van der Waals surface area contributed by atoms with E-state index in [0.29, 0.717) is 15.9 Å². The lowest BCUT2D eigenvalue weighted by molar-refractivity contribution is 0.0520. The van der Waals surface area contributed by atoms with Crippen molar-refractivity contribution < 1.29 is 9.53 Å². The van der Waals surface area contributed by atoms with Gasteiger partial charge in [-0.2, -0.15) is 0 Å². The summed E-state index contributed by atoms with van der Waals surface area (Å²) in [5, 5.41) is 1.17. The predicted molar refractivity (Wildman–Crippen MR) is 90.1 cm³/mol. The van der Waals surface area contributed by atoms with Crippen molar-refractivity contribution >= 4 is 68.4 Å². The van der Waals surface area contributed by atoms with Gasteiger partial charge >= 0.3 is 5.97 Å². The van der Waals surface area contributed by atoms with E-state index in [2.05, 4.69) is 4.98 Å². The van der Waals surface area contributed by atoms with E-state index in [0.717, 1.165) is 16.4 Å². The van der Waals surface area contributed by atoms with Gasteiger partial charge in [0.25, 0.3) is 0 Å². The maximum absolute atomic E-state index is 12.3. The van der Waals surface area contributed by atoms with E-state index < -0.39 is 5.97 Å². The molecule has 0 saturated heterocycles. The number of esters is 1. The number of hydrogen-bond donors (Lipinski definition) is 1. The first-order valence-electron chi connectivity index (χ1n) is 6.37. The molecule has 0 bridgehead atoms. The molecule has 0 fully saturated rings. The molecule has 1 aromatic heterocycles. The summed E-state index contributed by atoms with van der Waals surface area (Å²) in [5.74, 6) is -0.541. The maximum atomic E-state index is 12.3. The quantitative estimate of drug-likeness (QED) is 0.477.